The molecule has 0 saturated heterocycles. The highest BCUT2D eigenvalue weighted by molar-refractivity contribution is 7.80. The summed E-state index contributed by atoms with van der Waals surface area (Å²) in [4.78, 5) is 4.07. The summed E-state index contributed by atoms with van der Waals surface area (Å²) < 4.78 is 13.6. The predicted octanol–water partition coefficient (Wildman–Crippen LogP) is 2.51. The van der Waals surface area contributed by atoms with Gasteiger partial charge in [-0.2, -0.15) is 5.10 Å². The maximum absolute atomic E-state index is 13.6. The van der Waals surface area contributed by atoms with Crippen molar-refractivity contribution in [1.82, 2.24) is 20.5 Å². The van der Waals surface area contributed by atoms with Gasteiger partial charge in [-0.3, -0.25) is 4.98 Å². The van der Waals surface area contributed by atoms with Crippen molar-refractivity contribution in [2.24, 2.45) is 0 Å². The van der Waals surface area contributed by atoms with Crippen LogP contribution < -0.4 is 10.6 Å². The van der Waals surface area contributed by atoms with Crippen LogP contribution in [0, 0.1) is 5.82 Å². The summed E-state index contributed by atoms with van der Waals surface area (Å²) >= 11 is 11.1. The number of hydrogen-bond acceptors (Lipinski definition) is 4. The molecule has 2 atom stereocenters. The Balaban J connectivity index is 1.58. The van der Waals surface area contributed by atoms with Crippen molar-refractivity contribution in [3.05, 3.63) is 47.1 Å². The zero-order valence-electron chi connectivity index (χ0n) is 10.8. The van der Waals surface area contributed by atoms with E-state index in [9.17, 15) is 4.39 Å². The third-order valence-corrected chi connectivity index (χ3v) is 3.67. The summed E-state index contributed by atoms with van der Waals surface area (Å²) in [6.45, 7) is 0. The molecule has 21 heavy (non-hydrogen) atoms. The Morgan fingerprint density at radius 1 is 1.38 bits per heavy atom. The van der Waals surface area contributed by atoms with Crippen molar-refractivity contribution >= 4 is 34.7 Å². The van der Waals surface area contributed by atoms with E-state index in [1.807, 2.05) is 0 Å². The van der Waals surface area contributed by atoms with Crippen LogP contribution in [0.2, 0.25) is 5.02 Å². The summed E-state index contributed by atoms with van der Waals surface area (Å²) in [6, 6.07) is 4.66. The summed E-state index contributed by atoms with van der Waals surface area (Å²) in [5.41, 5.74) is 0.468. The van der Waals surface area contributed by atoms with Crippen LogP contribution in [0.5, 0.6) is 0 Å². The average molecular weight is 324 g/mol. The molecule has 2 heterocycles. The Morgan fingerprint density at radius 3 is 3.00 bits per heavy atom. The SMILES string of the molecule is Fc1cccnc1C1CC1NC(=S)Nc1nnccc1Cl. The van der Waals surface area contributed by atoms with Gasteiger partial charge in [-0.1, -0.05) is 11.6 Å². The van der Waals surface area contributed by atoms with Crippen LogP contribution in [0.4, 0.5) is 10.2 Å². The molecular weight excluding hydrogens is 313 g/mol. The molecule has 0 radical (unpaired) electrons. The first kappa shape index (κ1) is 14.1. The standard InChI is InChI=1S/C13H11ClFN5S/c14-8-3-5-17-20-12(8)19-13(21)18-10-6-7(10)11-9(15)2-1-4-16-11/h1-5,7,10H,6H2,(H2,18,19,20,21). The second-order valence-electron chi connectivity index (χ2n) is 4.65. The van der Waals surface area contributed by atoms with Gasteiger partial charge in [0.05, 0.1) is 16.9 Å². The number of pyridine rings is 1. The van der Waals surface area contributed by atoms with Crippen molar-refractivity contribution in [2.45, 2.75) is 18.4 Å². The molecule has 1 saturated carbocycles. The molecule has 8 heteroatoms. The van der Waals surface area contributed by atoms with Crippen LogP contribution in [0.3, 0.4) is 0 Å². The van der Waals surface area contributed by atoms with Gasteiger partial charge in [-0.15, -0.1) is 5.10 Å². The third-order valence-electron chi connectivity index (χ3n) is 3.15. The highest BCUT2D eigenvalue weighted by Gasteiger charge is 2.41. The van der Waals surface area contributed by atoms with Crippen LogP contribution in [0.15, 0.2) is 30.6 Å². The molecule has 0 spiro atoms. The summed E-state index contributed by atoms with van der Waals surface area (Å²) in [7, 11) is 0. The highest BCUT2D eigenvalue weighted by atomic mass is 35.5. The van der Waals surface area contributed by atoms with E-state index in [2.05, 4.69) is 25.8 Å². The number of rotatable bonds is 3. The number of hydrogen-bond donors (Lipinski definition) is 2. The fourth-order valence-corrected chi connectivity index (χ4v) is 2.43. The molecule has 0 aliphatic heterocycles. The lowest BCUT2D eigenvalue weighted by Crippen LogP contribution is -2.31. The lowest BCUT2D eigenvalue weighted by Gasteiger charge is -2.10. The van der Waals surface area contributed by atoms with Crippen LogP contribution in [-0.2, 0) is 0 Å². The van der Waals surface area contributed by atoms with E-state index in [1.165, 1.54) is 12.3 Å². The van der Waals surface area contributed by atoms with Gasteiger partial charge < -0.3 is 10.6 Å². The average Bonchev–Trinajstić information content (AvgIpc) is 3.21. The molecule has 2 N–H and O–H groups in total. The number of halogens is 2. The van der Waals surface area contributed by atoms with Gasteiger partial charge in [0.1, 0.15) is 5.82 Å². The number of anilines is 1. The van der Waals surface area contributed by atoms with E-state index in [-0.39, 0.29) is 17.8 Å². The Bertz CT molecular complexity index is 683. The minimum absolute atomic E-state index is 0.0308. The fraction of sp³-hybridized carbons (Fsp3) is 0.231. The van der Waals surface area contributed by atoms with Crippen molar-refractivity contribution in [1.29, 1.82) is 0 Å². The lowest BCUT2D eigenvalue weighted by atomic mass is 10.2. The Labute approximate surface area is 130 Å². The fourth-order valence-electron chi connectivity index (χ4n) is 2.04. The van der Waals surface area contributed by atoms with Crippen molar-refractivity contribution in [3.63, 3.8) is 0 Å². The minimum atomic E-state index is -0.289. The summed E-state index contributed by atoms with van der Waals surface area (Å²) in [5.74, 6) is 0.129. The van der Waals surface area contributed by atoms with Gasteiger partial charge in [0, 0.05) is 18.2 Å². The lowest BCUT2D eigenvalue weighted by molar-refractivity contribution is 0.597. The molecule has 0 bridgehead atoms. The van der Waals surface area contributed by atoms with Gasteiger partial charge in [-0.05, 0) is 36.8 Å². The van der Waals surface area contributed by atoms with E-state index < -0.39 is 0 Å². The largest absolute Gasteiger partial charge is 0.359 e. The molecular formula is C13H11ClFN5S. The summed E-state index contributed by atoms with van der Waals surface area (Å²) in [5, 5.41) is 14.3. The van der Waals surface area contributed by atoms with Gasteiger partial charge >= 0.3 is 0 Å². The van der Waals surface area contributed by atoms with E-state index in [1.54, 1.807) is 18.3 Å². The van der Waals surface area contributed by atoms with E-state index in [4.69, 9.17) is 23.8 Å². The van der Waals surface area contributed by atoms with E-state index in [0.717, 1.165) is 6.42 Å². The first-order valence-electron chi connectivity index (χ1n) is 6.30. The molecule has 0 aromatic carbocycles. The molecule has 1 fully saturated rings. The zero-order chi connectivity index (χ0) is 14.8. The smallest absolute Gasteiger partial charge is 0.173 e. The molecule has 108 valence electrons. The molecule has 1 aliphatic rings. The maximum Gasteiger partial charge on any atom is 0.173 e. The number of thiocarbonyl (C=S) groups is 1. The molecule has 2 aromatic heterocycles. The van der Waals surface area contributed by atoms with E-state index >= 15 is 0 Å². The molecule has 2 aromatic rings. The third kappa shape index (κ3) is 3.25. The normalized spacial score (nSPS) is 19.9. The Hall–Kier alpha value is -1.86. The Morgan fingerprint density at radius 2 is 2.24 bits per heavy atom. The minimum Gasteiger partial charge on any atom is -0.359 e. The van der Waals surface area contributed by atoms with Crippen LogP contribution in [0.1, 0.15) is 18.0 Å². The number of nitrogens with zero attached hydrogens (tertiary/aromatic N) is 3. The van der Waals surface area contributed by atoms with Crippen molar-refractivity contribution < 1.29 is 4.39 Å². The van der Waals surface area contributed by atoms with Crippen LogP contribution in [-0.4, -0.2) is 26.3 Å². The topological polar surface area (TPSA) is 62.7 Å². The number of aromatic nitrogens is 3. The molecule has 2 unspecified atom stereocenters. The van der Waals surface area contributed by atoms with Crippen molar-refractivity contribution in [2.75, 3.05) is 5.32 Å². The van der Waals surface area contributed by atoms with Crippen LogP contribution in [0.25, 0.3) is 0 Å². The van der Waals surface area contributed by atoms with Gasteiger partial charge in [-0.25, -0.2) is 4.39 Å². The highest BCUT2D eigenvalue weighted by Crippen LogP contribution is 2.40. The molecule has 0 amide bonds. The second kappa shape index (κ2) is 5.87. The predicted molar refractivity (Wildman–Crippen MR) is 81.7 cm³/mol. The first-order valence-corrected chi connectivity index (χ1v) is 7.09. The van der Waals surface area contributed by atoms with Crippen LogP contribution >= 0.6 is 23.8 Å². The second-order valence-corrected chi connectivity index (χ2v) is 5.46. The zero-order valence-corrected chi connectivity index (χ0v) is 12.3. The monoisotopic (exact) mass is 323 g/mol. The maximum atomic E-state index is 13.6. The molecule has 1 aliphatic carbocycles. The van der Waals surface area contributed by atoms with Gasteiger partial charge in [0.15, 0.2) is 10.9 Å². The van der Waals surface area contributed by atoms with Gasteiger partial charge in [0.2, 0.25) is 0 Å². The summed E-state index contributed by atoms with van der Waals surface area (Å²) in [6.07, 6.45) is 3.86. The molecule has 5 nitrogen and oxygen atoms in total. The van der Waals surface area contributed by atoms with Crippen molar-refractivity contribution in [3.8, 4) is 0 Å². The molecule has 3 rings (SSSR count). The quantitative estimate of drug-likeness (QED) is 0.846. The van der Waals surface area contributed by atoms with E-state index in [0.29, 0.717) is 21.6 Å². The first-order chi connectivity index (χ1) is 10.1. The Kier molecular flexibility index (Phi) is 3.94. The number of nitrogens with one attached hydrogen (secondary N) is 2. The van der Waals surface area contributed by atoms with Gasteiger partial charge in [0.25, 0.3) is 0 Å².